The number of benzene rings is 2. The molecule has 8 nitrogen and oxygen atoms in total. The van der Waals surface area contributed by atoms with E-state index in [0.29, 0.717) is 49.2 Å². The summed E-state index contributed by atoms with van der Waals surface area (Å²) in [6.07, 6.45) is 0.698. The molecule has 2 aromatic heterocycles. The third-order valence-corrected chi connectivity index (χ3v) is 5.27. The molecule has 0 aliphatic carbocycles. The van der Waals surface area contributed by atoms with Crippen molar-refractivity contribution in [2.24, 2.45) is 0 Å². The van der Waals surface area contributed by atoms with E-state index < -0.39 is 0 Å². The van der Waals surface area contributed by atoms with Gasteiger partial charge in [0.05, 0.1) is 37.1 Å². The second-order valence-electron chi connectivity index (χ2n) is 7.16. The van der Waals surface area contributed by atoms with Gasteiger partial charge in [0, 0.05) is 18.5 Å². The van der Waals surface area contributed by atoms with Gasteiger partial charge in [-0.05, 0) is 17.7 Å². The Morgan fingerprint density at radius 2 is 2.00 bits per heavy atom. The summed E-state index contributed by atoms with van der Waals surface area (Å²) in [7, 11) is 1.55. The molecule has 0 unspecified atom stereocenters. The van der Waals surface area contributed by atoms with Crippen LogP contribution in [-0.2, 0) is 24.3 Å². The van der Waals surface area contributed by atoms with Crippen molar-refractivity contribution in [1.82, 2.24) is 19.5 Å². The number of anilines is 1. The Balaban J connectivity index is 1.64. The molecule has 1 N–H and O–H groups in total. The van der Waals surface area contributed by atoms with E-state index in [1.165, 1.54) is 0 Å². The minimum absolute atomic E-state index is 0.332. The van der Waals surface area contributed by atoms with Crippen LogP contribution in [0.25, 0.3) is 17.0 Å². The molecule has 0 amide bonds. The predicted molar refractivity (Wildman–Crippen MR) is 115 cm³/mol. The molecule has 0 saturated heterocycles. The minimum atomic E-state index is 0.332. The van der Waals surface area contributed by atoms with Crippen molar-refractivity contribution in [2.75, 3.05) is 19.0 Å². The maximum atomic E-state index is 9.46. The Morgan fingerprint density at radius 1 is 1.13 bits per heavy atom. The first kappa shape index (κ1) is 19.0. The zero-order valence-corrected chi connectivity index (χ0v) is 17.0. The topological polar surface area (TPSA) is 97.9 Å². The molecule has 8 heteroatoms. The highest BCUT2D eigenvalue weighted by Gasteiger charge is 2.23. The van der Waals surface area contributed by atoms with E-state index in [-0.39, 0.29) is 0 Å². The standard InChI is InChI=1S/C23H20N6O2/c1-30-23-27-20-16(12-24)8-5-9-19(20)29(23)22-26-18-10-11-31-14-17(18)21(28-22)25-13-15-6-3-2-4-7-15/h2-9H,10-11,13-14H2,1H3,(H,25,26,28). The van der Waals surface area contributed by atoms with Crippen molar-refractivity contribution in [1.29, 1.82) is 5.26 Å². The van der Waals surface area contributed by atoms with Gasteiger partial charge in [0.25, 0.3) is 0 Å². The van der Waals surface area contributed by atoms with Crippen molar-refractivity contribution in [3.63, 3.8) is 0 Å². The molecule has 5 rings (SSSR count). The summed E-state index contributed by atoms with van der Waals surface area (Å²) in [4.78, 5) is 14.1. The average Bonchev–Trinajstić information content (AvgIpc) is 3.22. The van der Waals surface area contributed by atoms with Gasteiger partial charge in [-0.1, -0.05) is 36.4 Å². The average molecular weight is 412 g/mol. The van der Waals surface area contributed by atoms with E-state index in [4.69, 9.17) is 19.4 Å². The number of nitriles is 1. The van der Waals surface area contributed by atoms with Gasteiger partial charge in [0.15, 0.2) is 0 Å². The van der Waals surface area contributed by atoms with Gasteiger partial charge in [-0.25, -0.2) is 9.55 Å². The summed E-state index contributed by atoms with van der Waals surface area (Å²) in [5, 5.41) is 12.9. The summed E-state index contributed by atoms with van der Waals surface area (Å²) in [6.45, 7) is 1.71. The fraction of sp³-hybridized carbons (Fsp3) is 0.217. The van der Waals surface area contributed by atoms with Crippen LogP contribution >= 0.6 is 0 Å². The maximum Gasteiger partial charge on any atom is 0.304 e. The molecule has 1 aliphatic heterocycles. The number of aromatic nitrogens is 4. The number of rotatable bonds is 5. The lowest BCUT2D eigenvalue weighted by atomic mass is 10.1. The van der Waals surface area contributed by atoms with Crippen molar-refractivity contribution in [2.45, 2.75) is 19.6 Å². The summed E-state index contributed by atoms with van der Waals surface area (Å²) in [5.74, 6) is 1.18. The first-order valence-electron chi connectivity index (χ1n) is 9.99. The number of nitrogens with one attached hydrogen (secondary N) is 1. The van der Waals surface area contributed by atoms with Crippen LogP contribution in [0.15, 0.2) is 48.5 Å². The molecule has 0 spiro atoms. The highest BCUT2D eigenvalue weighted by Crippen LogP contribution is 2.30. The van der Waals surface area contributed by atoms with E-state index in [1.807, 2.05) is 30.3 Å². The van der Waals surface area contributed by atoms with Gasteiger partial charge in [-0.2, -0.15) is 15.2 Å². The van der Waals surface area contributed by atoms with E-state index in [2.05, 4.69) is 28.5 Å². The van der Waals surface area contributed by atoms with Gasteiger partial charge in [0.1, 0.15) is 17.4 Å². The van der Waals surface area contributed by atoms with Gasteiger partial charge < -0.3 is 14.8 Å². The van der Waals surface area contributed by atoms with E-state index in [1.54, 1.807) is 17.7 Å². The lowest BCUT2D eigenvalue weighted by Gasteiger charge is -2.20. The van der Waals surface area contributed by atoms with Crippen molar-refractivity contribution < 1.29 is 9.47 Å². The molecular weight excluding hydrogens is 392 g/mol. The number of methoxy groups -OCH3 is 1. The Labute approximate surface area is 179 Å². The number of imidazole rings is 1. The Bertz CT molecular complexity index is 1290. The maximum absolute atomic E-state index is 9.46. The fourth-order valence-corrected chi connectivity index (χ4v) is 3.75. The summed E-state index contributed by atoms with van der Waals surface area (Å²) >= 11 is 0. The zero-order valence-electron chi connectivity index (χ0n) is 17.0. The lowest BCUT2D eigenvalue weighted by Crippen LogP contribution is -2.19. The van der Waals surface area contributed by atoms with Crippen LogP contribution in [0.2, 0.25) is 0 Å². The zero-order chi connectivity index (χ0) is 21.2. The number of hydrogen-bond acceptors (Lipinski definition) is 7. The first-order chi connectivity index (χ1) is 15.3. The van der Waals surface area contributed by atoms with Gasteiger partial charge >= 0.3 is 6.01 Å². The highest BCUT2D eigenvalue weighted by molar-refractivity contribution is 5.84. The summed E-state index contributed by atoms with van der Waals surface area (Å²) in [6, 6.07) is 18.1. The van der Waals surface area contributed by atoms with Gasteiger partial charge in [0.2, 0.25) is 5.95 Å². The van der Waals surface area contributed by atoms with Crippen LogP contribution in [0.4, 0.5) is 5.82 Å². The summed E-state index contributed by atoms with van der Waals surface area (Å²) < 4.78 is 12.9. The second-order valence-corrected chi connectivity index (χ2v) is 7.16. The number of nitrogens with zero attached hydrogens (tertiary/aromatic N) is 5. The number of para-hydroxylation sites is 1. The van der Waals surface area contributed by atoms with E-state index >= 15 is 0 Å². The molecule has 1 aliphatic rings. The molecule has 0 fully saturated rings. The number of hydrogen-bond donors (Lipinski definition) is 1. The van der Waals surface area contributed by atoms with Crippen LogP contribution in [0.5, 0.6) is 6.01 Å². The van der Waals surface area contributed by atoms with Crippen LogP contribution in [-0.4, -0.2) is 33.2 Å². The van der Waals surface area contributed by atoms with Crippen molar-refractivity contribution in [3.05, 3.63) is 70.9 Å². The quantitative estimate of drug-likeness (QED) is 0.537. The Kier molecular flexibility index (Phi) is 4.94. The normalized spacial score (nSPS) is 12.9. The molecule has 154 valence electrons. The molecule has 0 bridgehead atoms. The van der Waals surface area contributed by atoms with Crippen LogP contribution in [0.3, 0.4) is 0 Å². The van der Waals surface area contributed by atoms with Gasteiger partial charge in [-0.3, -0.25) is 0 Å². The van der Waals surface area contributed by atoms with Crippen LogP contribution in [0.1, 0.15) is 22.4 Å². The Hall–Kier alpha value is -3.96. The summed E-state index contributed by atoms with van der Waals surface area (Å²) in [5.41, 5.74) is 4.81. The fourth-order valence-electron chi connectivity index (χ4n) is 3.75. The third kappa shape index (κ3) is 3.45. The van der Waals surface area contributed by atoms with Crippen LogP contribution in [0, 0.1) is 11.3 Å². The predicted octanol–water partition coefficient (Wildman–Crippen LogP) is 3.38. The van der Waals surface area contributed by atoms with Crippen molar-refractivity contribution >= 4 is 16.9 Å². The number of fused-ring (bicyclic) bond motifs is 2. The van der Waals surface area contributed by atoms with E-state index in [9.17, 15) is 5.26 Å². The molecule has 3 heterocycles. The number of ether oxygens (including phenoxy) is 2. The molecule has 0 radical (unpaired) electrons. The first-order valence-corrected chi connectivity index (χ1v) is 9.99. The lowest BCUT2D eigenvalue weighted by molar-refractivity contribution is 0.109. The molecule has 31 heavy (non-hydrogen) atoms. The third-order valence-electron chi connectivity index (χ3n) is 5.27. The largest absolute Gasteiger partial charge is 0.468 e. The molecule has 0 saturated carbocycles. The second kappa shape index (κ2) is 8.05. The molecule has 2 aromatic carbocycles. The Morgan fingerprint density at radius 3 is 2.81 bits per heavy atom. The molecule has 0 atom stereocenters. The molecular formula is C23H20N6O2. The smallest absolute Gasteiger partial charge is 0.304 e. The minimum Gasteiger partial charge on any atom is -0.468 e. The highest BCUT2D eigenvalue weighted by atomic mass is 16.5. The SMILES string of the molecule is COc1nc2c(C#N)cccc2n1-c1nc2c(c(NCc3ccccc3)n1)COCC2. The van der Waals surface area contributed by atoms with Crippen molar-refractivity contribution in [3.8, 4) is 18.0 Å². The van der Waals surface area contributed by atoms with Gasteiger partial charge in [-0.15, -0.1) is 0 Å². The van der Waals surface area contributed by atoms with E-state index in [0.717, 1.165) is 28.2 Å². The monoisotopic (exact) mass is 412 g/mol. The van der Waals surface area contributed by atoms with Crippen LogP contribution < -0.4 is 10.1 Å². The molecule has 4 aromatic rings.